The van der Waals surface area contributed by atoms with E-state index in [1.54, 1.807) is 18.2 Å². The highest BCUT2D eigenvalue weighted by molar-refractivity contribution is 6.30. The van der Waals surface area contributed by atoms with Crippen molar-refractivity contribution in [3.63, 3.8) is 0 Å². The molecule has 3 nitrogen and oxygen atoms in total. The van der Waals surface area contributed by atoms with Crippen molar-refractivity contribution in [1.82, 2.24) is 0 Å². The van der Waals surface area contributed by atoms with E-state index < -0.39 is 0 Å². The molecule has 0 spiro atoms. The Kier molecular flexibility index (Phi) is 3.63. The molecule has 3 N–H and O–H groups in total. The van der Waals surface area contributed by atoms with Gasteiger partial charge in [-0.2, -0.15) is 0 Å². The monoisotopic (exact) mass is 263 g/mol. The van der Waals surface area contributed by atoms with Gasteiger partial charge in [0.2, 0.25) is 0 Å². The summed E-state index contributed by atoms with van der Waals surface area (Å²) in [6.07, 6.45) is 0. The number of rotatable bonds is 3. The van der Waals surface area contributed by atoms with E-state index in [0.717, 1.165) is 11.3 Å². The second kappa shape index (κ2) is 5.19. The molecule has 0 heterocycles. The van der Waals surface area contributed by atoms with Gasteiger partial charge >= 0.3 is 0 Å². The van der Waals surface area contributed by atoms with Crippen molar-refractivity contribution in [1.29, 1.82) is 0 Å². The van der Waals surface area contributed by atoms with Crippen LogP contribution < -0.4 is 5.32 Å². The number of nitrogens with one attached hydrogen (secondary N) is 1. The molecular weight excluding hydrogens is 250 g/mol. The summed E-state index contributed by atoms with van der Waals surface area (Å²) in [6, 6.07) is 11.9. The predicted octanol–water partition coefficient (Wildman–Crippen LogP) is 3.92. The third-order valence-electron chi connectivity index (χ3n) is 2.63. The molecule has 0 aliphatic rings. The van der Waals surface area contributed by atoms with E-state index in [0.29, 0.717) is 5.02 Å². The molecule has 2 rings (SSSR count). The number of anilines is 1. The first kappa shape index (κ1) is 12.6. The van der Waals surface area contributed by atoms with Gasteiger partial charge in [-0.05, 0) is 42.8 Å². The Morgan fingerprint density at radius 1 is 1.06 bits per heavy atom. The van der Waals surface area contributed by atoms with E-state index in [4.69, 9.17) is 11.6 Å². The van der Waals surface area contributed by atoms with Crippen LogP contribution in [-0.2, 0) is 0 Å². The fourth-order valence-corrected chi connectivity index (χ4v) is 1.97. The Balaban J connectivity index is 2.19. The lowest BCUT2D eigenvalue weighted by Gasteiger charge is -2.16. The third-order valence-corrected chi connectivity index (χ3v) is 2.87. The SMILES string of the molecule is CC(Nc1cccc(Cl)c1)c1cc(O)cc(O)c1. The fourth-order valence-electron chi connectivity index (χ4n) is 1.78. The maximum absolute atomic E-state index is 9.44. The Hall–Kier alpha value is -1.87. The largest absolute Gasteiger partial charge is 0.508 e. The van der Waals surface area contributed by atoms with Crippen molar-refractivity contribution >= 4 is 17.3 Å². The van der Waals surface area contributed by atoms with Gasteiger partial charge in [0.15, 0.2) is 0 Å². The van der Waals surface area contributed by atoms with Crippen LogP contribution in [0.25, 0.3) is 0 Å². The van der Waals surface area contributed by atoms with Gasteiger partial charge in [0.25, 0.3) is 0 Å². The van der Waals surface area contributed by atoms with Crippen LogP contribution in [0.15, 0.2) is 42.5 Å². The zero-order chi connectivity index (χ0) is 13.1. The van der Waals surface area contributed by atoms with E-state index in [-0.39, 0.29) is 17.5 Å². The van der Waals surface area contributed by atoms with Crippen molar-refractivity contribution in [2.75, 3.05) is 5.32 Å². The molecule has 0 saturated heterocycles. The second-order valence-electron chi connectivity index (χ2n) is 4.16. The lowest BCUT2D eigenvalue weighted by atomic mass is 10.1. The minimum atomic E-state index is -0.0542. The molecule has 0 fully saturated rings. The highest BCUT2D eigenvalue weighted by atomic mass is 35.5. The van der Waals surface area contributed by atoms with Gasteiger partial charge in [0, 0.05) is 22.8 Å². The molecule has 0 aromatic heterocycles. The summed E-state index contributed by atoms with van der Waals surface area (Å²) in [4.78, 5) is 0. The van der Waals surface area contributed by atoms with Crippen molar-refractivity contribution in [2.45, 2.75) is 13.0 Å². The van der Waals surface area contributed by atoms with Gasteiger partial charge in [0.05, 0.1) is 0 Å². The molecule has 2 aromatic rings. The summed E-state index contributed by atoms with van der Waals surface area (Å²) in [5.41, 5.74) is 1.69. The van der Waals surface area contributed by atoms with Crippen LogP contribution in [0.1, 0.15) is 18.5 Å². The van der Waals surface area contributed by atoms with Crippen molar-refractivity contribution in [3.8, 4) is 11.5 Å². The second-order valence-corrected chi connectivity index (χ2v) is 4.60. The molecule has 0 amide bonds. The normalized spacial score (nSPS) is 12.1. The Bertz CT molecular complexity index is 537. The summed E-state index contributed by atoms with van der Waals surface area (Å²) in [5, 5.41) is 22.8. The van der Waals surface area contributed by atoms with Gasteiger partial charge in [-0.3, -0.25) is 0 Å². The van der Waals surface area contributed by atoms with Crippen LogP contribution in [-0.4, -0.2) is 10.2 Å². The Labute approximate surface area is 111 Å². The summed E-state index contributed by atoms with van der Waals surface area (Å²) in [6.45, 7) is 1.94. The maximum atomic E-state index is 9.44. The van der Waals surface area contributed by atoms with Crippen LogP contribution in [0.2, 0.25) is 5.02 Å². The minimum Gasteiger partial charge on any atom is -0.508 e. The average Bonchev–Trinajstić information content (AvgIpc) is 2.27. The fraction of sp³-hybridized carbons (Fsp3) is 0.143. The summed E-state index contributed by atoms with van der Waals surface area (Å²) in [5.74, 6) is 0.0921. The smallest absolute Gasteiger partial charge is 0.119 e. The summed E-state index contributed by atoms with van der Waals surface area (Å²) in [7, 11) is 0. The molecule has 94 valence electrons. The average molecular weight is 264 g/mol. The molecule has 2 aromatic carbocycles. The first-order valence-corrected chi connectivity index (χ1v) is 5.97. The van der Waals surface area contributed by atoms with Crippen molar-refractivity contribution in [2.24, 2.45) is 0 Å². The molecule has 0 radical (unpaired) electrons. The maximum Gasteiger partial charge on any atom is 0.119 e. The zero-order valence-electron chi connectivity index (χ0n) is 9.89. The van der Waals surface area contributed by atoms with Crippen LogP contribution in [0.5, 0.6) is 11.5 Å². The third kappa shape index (κ3) is 3.08. The van der Waals surface area contributed by atoms with E-state index in [2.05, 4.69) is 5.32 Å². The molecule has 0 saturated carbocycles. The zero-order valence-corrected chi connectivity index (χ0v) is 10.6. The number of aromatic hydroxyl groups is 2. The number of hydrogen-bond donors (Lipinski definition) is 3. The Morgan fingerprint density at radius 3 is 2.33 bits per heavy atom. The minimum absolute atomic E-state index is 0.0461. The van der Waals surface area contributed by atoms with Crippen molar-refractivity contribution < 1.29 is 10.2 Å². The predicted molar refractivity (Wildman–Crippen MR) is 73.3 cm³/mol. The van der Waals surface area contributed by atoms with Gasteiger partial charge in [0.1, 0.15) is 11.5 Å². The van der Waals surface area contributed by atoms with Gasteiger partial charge in [-0.1, -0.05) is 17.7 Å². The molecular formula is C14H14ClNO2. The lowest BCUT2D eigenvalue weighted by molar-refractivity contribution is 0.448. The Morgan fingerprint density at radius 2 is 1.72 bits per heavy atom. The molecule has 1 atom stereocenters. The topological polar surface area (TPSA) is 52.5 Å². The molecule has 18 heavy (non-hydrogen) atoms. The van der Waals surface area contributed by atoms with E-state index >= 15 is 0 Å². The number of phenolic OH excluding ortho intramolecular Hbond substituents is 2. The number of hydrogen-bond acceptors (Lipinski definition) is 3. The van der Waals surface area contributed by atoms with Crippen LogP contribution in [0.3, 0.4) is 0 Å². The van der Waals surface area contributed by atoms with Gasteiger partial charge in [-0.25, -0.2) is 0 Å². The quantitative estimate of drug-likeness (QED) is 0.787. The number of halogens is 1. The van der Waals surface area contributed by atoms with Gasteiger partial charge < -0.3 is 15.5 Å². The number of phenols is 2. The molecule has 0 aliphatic heterocycles. The standard InChI is InChI=1S/C14H14ClNO2/c1-9(10-5-13(17)8-14(18)6-10)16-12-4-2-3-11(15)7-12/h2-9,16-18H,1H3. The van der Waals surface area contributed by atoms with Crippen molar-refractivity contribution in [3.05, 3.63) is 53.1 Å². The number of benzene rings is 2. The van der Waals surface area contributed by atoms with E-state index in [1.807, 2.05) is 25.1 Å². The molecule has 0 aliphatic carbocycles. The van der Waals surface area contributed by atoms with Gasteiger partial charge in [-0.15, -0.1) is 0 Å². The van der Waals surface area contributed by atoms with Crippen LogP contribution in [0, 0.1) is 0 Å². The molecule has 4 heteroatoms. The highest BCUT2D eigenvalue weighted by Crippen LogP contribution is 2.27. The first-order chi connectivity index (χ1) is 8.54. The van der Waals surface area contributed by atoms with Crippen LogP contribution in [0.4, 0.5) is 5.69 Å². The summed E-state index contributed by atoms with van der Waals surface area (Å²) >= 11 is 5.90. The lowest BCUT2D eigenvalue weighted by Crippen LogP contribution is -2.06. The first-order valence-electron chi connectivity index (χ1n) is 5.59. The van der Waals surface area contributed by atoms with E-state index in [9.17, 15) is 10.2 Å². The molecule has 0 bridgehead atoms. The summed E-state index contributed by atoms with van der Waals surface area (Å²) < 4.78 is 0. The highest BCUT2D eigenvalue weighted by Gasteiger charge is 2.08. The van der Waals surface area contributed by atoms with Crippen LogP contribution >= 0.6 is 11.6 Å². The van der Waals surface area contributed by atoms with E-state index in [1.165, 1.54) is 6.07 Å². The molecule has 1 unspecified atom stereocenters.